The van der Waals surface area contributed by atoms with Crippen molar-refractivity contribution < 1.29 is 0 Å². The Morgan fingerprint density at radius 1 is 1.10 bits per heavy atom. The molecular formula is C17H19N3. The van der Waals surface area contributed by atoms with Crippen molar-refractivity contribution in [2.24, 2.45) is 0 Å². The van der Waals surface area contributed by atoms with Crippen LogP contribution in [0.1, 0.15) is 12.2 Å². The lowest BCUT2D eigenvalue weighted by Crippen LogP contribution is -2.08. The Hall–Kier alpha value is -2.13. The van der Waals surface area contributed by atoms with E-state index in [9.17, 15) is 0 Å². The zero-order valence-electron chi connectivity index (χ0n) is 11.7. The van der Waals surface area contributed by atoms with Gasteiger partial charge in [0.2, 0.25) is 0 Å². The number of aromatic amines is 1. The fourth-order valence-corrected chi connectivity index (χ4v) is 2.43. The van der Waals surface area contributed by atoms with E-state index in [1.165, 1.54) is 16.3 Å². The van der Waals surface area contributed by atoms with Crippen molar-refractivity contribution >= 4 is 10.8 Å². The molecule has 2 N–H and O–H groups in total. The molecule has 1 aromatic heterocycles. The van der Waals surface area contributed by atoms with Crippen LogP contribution in [0.2, 0.25) is 0 Å². The summed E-state index contributed by atoms with van der Waals surface area (Å²) in [7, 11) is 1.97. The second-order valence-corrected chi connectivity index (χ2v) is 5.01. The molecule has 0 atom stereocenters. The summed E-state index contributed by atoms with van der Waals surface area (Å²) in [6.07, 6.45) is 4.01. The van der Waals surface area contributed by atoms with Crippen LogP contribution < -0.4 is 5.32 Å². The first-order valence-electron chi connectivity index (χ1n) is 7.04. The highest BCUT2D eigenvalue weighted by Gasteiger charge is 2.04. The number of nitrogens with zero attached hydrogens (tertiary/aromatic N) is 1. The number of hydrogen-bond acceptors (Lipinski definition) is 2. The molecule has 0 aliphatic heterocycles. The van der Waals surface area contributed by atoms with Gasteiger partial charge in [-0.2, -0.15) is 0 Å². The van der Waals surface area contributed by atoms with Gasteiger partial charge >= 0.3 is 0 Å². The third-order valence-electron chi connectivity index (χ3n) is 3.53. The van der Waals surface area contributed by atoms with Crippen LogP contribution in [-0.4, -0.2) is 23.6 Å². The molecule has 0 aliphatic rings. The fourth-order valence-electron chi connectivity index (χ4n) is 2.43. The molecule has 0 unspecified atom stereocenters. The van der Waals surface area contributed by atoms with E-state index in [4.69, 9.17) is 0 Å². The van der Waals surface area contributed by atoms with E-state index >= 15 is 0 Å². The molecule has 2 aromatic carbocycles. The molecule has 0 aliphatic carbocycles. The van der Waals surface area contributed by atoms with Gasteiger partial charge in [0.15, 0.2) is 0 Å². The first-order chi connectivity index (χ1) is 9.86. The second kappa shape index (κ2) is 5.88. The van der Waals surface area contributed by atoms with Crippen molar-refractivity contribution in [3.63, 3.8) is 0 Å². The minimum atomic E-state index is 0.981. The van der Waals surface area contributed by atoms with Crippen LogP contribution in [-0.2, 0) is 6.42 Å². The van der Waals surface area contributed by atoms with E-state index in [1.807, 2.05) is 13.2 Å². The molecular weight excluding hydrogens is 246 g/mol. The minimum Gasteiger partial charge on any atom is -0.342 e. The van der Waals surface area contributed by atoms with Gasteiger partial charge in [0.1, 0.15) is 5.82 Å². The molecule has 102 valence electrons. The van der Waals surface area contributed by atoms with Gasteiger partial charge in [0, 0.05) is 12.0 Å². The molecule has 0 radical (unpaired) electrons. The number of imidazole rings is 1. The van der Waals surface area contributed by atoms with Crippen LogP contribution in [0.5, 0.6) is 0 Å². The molecule has 0 spiro atoms. The number of nitrogens with one attached hydrogen (secondary N) is 2. The molecule has 20 heavy (non-hydrogen) atoms. The third-order valence-corrected chi connectivity index (χ3v) is 3.53. The van der Waals surface area contributed by atoms with Crippen molar-refractivity contribution in [2.75, 3.05) is 13.6 Å². The molecule has 0 saturated heterocycles. The number of fused-ring (bicyclic) bond motifs is 1. The zero-order valence-corrected chi connectivity index (χ0v) is 11.7. The van der Waals surface area contributed by atoms with Gasteiger partial charge < -0.3 is 10.3 Å². The third kappa shape index (κ3) is 2.73. The van der Waals surface area contributed by atoms with Gasteiger partial charge in [-0.3, -0.25) is 0 Å². The van der Waals surface area contributed by atoms with Gasteiger partial charge in [0.05, 0.1) is 11.9 Å². The van der Waals surface area contributed by atoms with E-state index in [2.05, 4.69) is 57.7 Å². The number of H-pyrrole nitrogens is 1. The fraction of sp³-hybridized carbons (Fsp3) is 0.235. The van der Waals surface area contributed by atoms with Crippen molar-refractivity contribution in [1.29, 1.82) is 0 Å². The summed E-state index contributed by atoms with van der Waals surface area (Å²) in [5, 5.41) is 5.68. The Labute approximate surface area is 119 Å². The van der Waals surface area contributed by atoms with Crippen molar-refractivity contribution in [3.05, 3.63) is 54.5 Å². The van der Waals surface area contributed by atoms with E-state index in [-0.39, 0.29) is 0 Å². The Kier molecular flexibility index (Phi) is 3.79. The number of aromatic nitrogens is 2. The summed E-state index contributed by atoms with van der Waals surface area (Å²) >= 11 is 0. The highest BCUT2D eigenvalue weighted by Crippen LogP contribution is 2.23. The molecule has 0 bridgehead atoms. The summed E-state index contributed by atoms with van der Waals surface area (Å²) in [6, 6.07) is 14.9. The van der Waals surface area contributed by atoms with Crippen LogP contribution in [0.3, 0.4) is 0 Å². The largest absolute Gasteiger partial charge is 0.342 e. The van der Waals surface area contributed by atoms with Gasteiger partial charge in [-0.05, 0) is 36.9 Å². The van der Waals surface area contributed by atoms with Crippen molar-refractivity contribution in [3.8, 4) is 11.3 Å². The summed E-state index contributed by atoms with van der Waals surface area (Å²) < 4.78 is 0. The minimum absolute atomic E-state index is 0.981. The maximum atomic E-state index is 4.46. The zero-order chi connectivity index (χ0) is 13.8. The lowest BCUT2D eigenvalue weighted by molar-refractivity contribution is 0.707. The average Bonchev–Trinajstić information content (AvgIpc) is 2.96. The monoisotopic (exact) mass is 265 g/mol. The lowest BCUT2D eigenvalue weighted by atomic mass is 10.1. The Morgan fingerprint density at radius 2 is 1.95 bits per heavy atom. The highest BCUT2D eigenvalue weighted by atomic mass is 14.9. The maximum absolute atomic E-state index is 4.46. The molecule has 3 heteroatoms. The Balaban J connectivity index is 1.83. The van der Waals surface area contributed by atoms with Crippen molar-refractivity contribution in [2.45, 2.75) is 12.8 Å². The first kappa shape index (κ1) is 12.9. The van der Waals surface area contributed by atoms with E-state index < -0.39 is 0 Å². The summed E-state index contributed by atoms with van der Waals surface area (Å²) in [5.74, 6) is 1.06. The van der Waals surface area contributed by atoms with Crippen LogP contribution >= 0.6 is 0 Å². The van der Waals surface area contributed by atoms with Crippen molar-refractivity contribution in [1.82, 2.24) is 15.3 Å². The van der Waals surface area contributed by atoms with Crippen LogP contribution in [0.25, 0.3) is 22.0 Å². The summed E-state index contributed by atoms with van der Waals surface area (Å²) in [6.45, 7) is 1.02. The quantitative estimate of drug-likeness (QED) is 0.694. The Bertz CT molecular complexity index is 700. The predicted molar refractivity (Wildman–Crippen MR) is 83.8 cm³/mol. The molecule has 3 aromatic rings. The van der Waals surface area contributed by atoms with Crippen LogP contribution in [0.4, 0.5) is 0 Å². The first-order valence-corrected chi connectivity index (χ1v) is 7.04. The topological polar surface area (TPSA) is 40.7 Å². The summed E-state index contributed by atoms with van der Waals surface area (Å²) in [4.78, 5) is 7.88. The highest BCUT2D eigenvalue weighted by molar-refractivity contribution is 5.86. The molecule has 3 rings (SSSR count). The second-order valence-electron chi connectivity index (χ2n) is 5.01. The molecule has 0 fully saturated rings. The van der Waals surface area contributed by atoms with Crippen LogP contribution in [0.15, 0.2) is 48.7 Å². The lowest BCUT2D eigenvalue weighted by Gasteiger charge is -2.01. The predicted octanol–water partition coefficient (Wildman–Crippen LogP) is 3.38. The van der Waals surface area contributed by atoms with E-state index in [1.54, 1.807) is 0 Å². The summed E-state index contributed by atoms with van der Waals surface area (Å²) in [5.41, 5.74) is 2.28. The molecule has 0 amide bonds. The Morgan fingerprint density at radius 3 is 2.80 bits per heavy atom. The molecule has 1 heterocycles. The SMILES string of the molecule is CNCCCc1ncc(-c2ccc3ccccc3c2)[nH]1. The maximum Gasteiger partial charge on any atom is 0.106 e. The number of rotatable bonds is 5. The van der Waals surface area contributed by atoms with Gasteiger partial charge in [-0.25, -0.2) is 4.98 Å². The van der Waals surface area contributed by atoms with Gasteiger partial charge in [0.25, 0.3) is 0 Å². The number of hydrogen-bond donors (Lipinski definition) is 2. The van der Waals surface area contributed by atoms with E-state index in [0.29, 0.717) is 0 Å². The van der Waals surface area contributed by atoms with Gasteiger partial charge in [-0.1, -0.05) is 36.4 Å². The van der Waals surface area contributed by atoms with Crippen LogP contribution in [0, 0.1) is 0 Å². The molecule has 3 nitrogen and oxygen atoms in total. The normalized spacial score (nSPS) is 11.1. The number of aryl methyl sites for hydroxylation is 1. The van der Waals surface area contributed by atoms with E-state index in [0.717, 1.165) is 30.9 Å². The molecule has 0 saturated carbocycles. The smallest absolute Gasteiger partial charge is 0.106 e. The average molecular weight is 265 g/mol. The standard InChI is InChI=1S/C17H19N3/c1-18-10-4-7-17-19-12-16(20-17)15-9-8-13-5-2-3-6-14(13)11-15/h2-3,5-6,8-9,11-12,18H,4,7,10H2,1H3,(H,19,20). The van der Waals surface area contributed by atoms with Gasteiger partial charge in [-0.15, -0.1) is 0 Å². The number of benzene rings is 2.